The van der Waals surface area contributed by atoms with Gasteiger partial charge in [0.05, 0.1) is 0 Å². The SMILES string of the molecule is CC.CC(C)CN1C(C)CCCC1C. The van der Waals surface area contributed by atoms with Gasteiger partial charge < -0.3 is 0 Å². The van der Waals surface area contributed by atoms with Gasteiger partial charge in [-0.25, -0.2) is 0 Å². The van der Waals surface area contributed by atoms with E-state index in [1.165, 1.54) is 25.8 Å². The summed E-state index contributed by atoms with van der Waals surface area (Å²) >= 11 is 0. The smallest absolute Gasteiger partial charge is 0.00698 e. The van der Waals surface area contributed by atoms with E-state index < -0.39 is 0 Å². The molecule has 0 aromatic rings. The van der Waals surface area contributed by atoms with Crippen molar-refractivity contribution in [1.82, 2.24) is 4.90 Å². The third-order valence-corrected chi connectivity index (χ3v) is 2.95. The zero-order valence-electron chi connectivity index (χ0n) is 11.0. The number of nitrogens with zero attached hydrogens (tertiary/aromatic N) is 1. The molecule has 0 aliphatic carbocycles. The van der Waals surface area contributed by atoms with Crippen LogP contribution < -0.4 is 0 Å². The van der Waals surface area contributed by atoms with Gasteiger partial charge in [0.1, 0.15) is 0 Å². The molecule has 0 N–H and O–H groups in total. The molecule has 86 valence electrons. The van der Waals surface area contributed by atoms with E-state index in [0.29, 0.717) is 0 Å². The summed E-state index contributed by atoms with van der Waals surface area (Å²) in [5, 5.41) is 0. The fourth-order valence-electron chi connectivity index (χ4n) is 2.26. The minimum Gasteiger partial charge on any atom is -0.298 e. The molecular weight excluding hydrogens is 170 g/mol. The molecule has 2 atom stereocenters. The highest BCUT2D eigenvalue weighted by atomic mass is 15.2. The molecule has 14 heavy (non-hydrogen) atoms. The number of piperidine rings is 1. The van der Waals surface area contributed by atoms with Crippen LogP contribution >= 0.6 is 0 Å². The Kier molecular flexibility index (Phi) is 7.26. The van der Waals surface area contributed by atoms with Crippen LogP contribution in [-0.4, -0.2) is 23.5 Å². The van der Waals surface area contributed by atoms with Gasteiger partial charge in [-0.1, -0.05) is 34.1 Å². The van der Waals surface area contributed by atoms with Crippen molar-refractivity contribution in [1.29, 1.82) is 0 Å². The normalized spacial score (nSPS) is 28.5. The molecule has 0 bridgehead atoms. The first-order valence-electron chi connectivity index (χ1n) is 6.37. The summed E-state index contributed by atoms with van der Waals surface area (Å²) < 4.78 is 0. The van der Waals surface area contributed by atoms with E-state index >= 15 is 0 Å². The molecule has 0 spiro atoms. The Labute approximate surface area is 90.9 Å². The molecule has 1 fully saturated rings. The first kappa shape index (κ1) is 14.0. The van der Waals surface area contributed by atoms with Crippen molar-refractivity contribution in [3.63, 3.8) is 0 Å². The standard InChI is InChI=1S/C11H23N.C2H6/c1-9(2)8-12-10(3)6-5-7-11(12)4;1-2/h9-11H,5-8H2,1-4H3;1-2H3. The van der Waals surface area contributed by atoms with Crippen LogP contribution in [0.3, 0.4) is 0 Å². The first-order chi connectivity index (χ1) is 6.61. The third-order valence-electron chi connectivity index (χ3n) is 2.95. The Morgan fingerprint density at radius 1 is 1.07 bits per heavy atom. The molecule has 1 heterocycles. The predicted octanol–water partition coefficient (Wildman–Crippen LogP) is 3.93. The average Bonchev–Trinajstić information content (AvgIpc) is 2.15. The van der Waals surface area contributed by atoms with E-state index in [-0.39, 0.29) is 0 Å². The van der Waals surface area contributed by atoms with Gasteiger partial charge in [0, 0.05) is 18.6 Å². The van der Waals surface area contributed by atoms with E-state index in [1.807, 2.05) is 13.8 Å². The molecule has 0 aromatic heterocycles. The van der Waals surface area contributed by atoms with Gasteiger partial charge in [0.2, 0.25) is 0 Å². The lowest BCUT2D eigenvalue weighted by molar-refractivity contribution is 0.0898. The van der Waals surface area contributed by atoms with Crippen molar-refractivity contribution in [3.8, 4) is 0 Å². The van der Waals surface area contributed by atoms with Gasteiger partial charge in [-0.3, -0.25) is 4.90 Å². The van der Waals surface area contributed by atoms with Crippen molar-refractivity contribution in [2.45, 2.75) is 72.9 Å². The quantitative estimate of drug-likeness (QED) is 0.651. The maximum absolute atomic E-state index is 2.67. The van der Waals surface area contributed by atoms with Gasteiger partial charge in [-0.05, 0) is 32.6 Å². The van der Waals surface area contributed by atoms with Gasteiger partial charge >= 0.3 is 0 Å². The zero-order chi connectivity index (χ0) is 11.1. The first-order valence-corrected chi connectivity index (χ1v) is 6.37. The highest BCUT2D eigenvalue weighted by molar-refractivity contribution is 4.79. The van der Waals surface area contributed by atoms with E-state index in [1.54, 1.807) is 0 Å². The largest absolute Gasteiger partial charge is 0.298 e. The molecule has 1 aliphatic rings. The fourth-order valence-corrected chi connectivity index (χ4v) is 2.26. The number of rotatable bonds is 2. The lowest BCUT2D eigenvalue weighted by Gasteiger charge is -2.40. The number of likely N-dealkylation sites (tertiary alicyclic amines) is 1. The minimum atomic E-state index is 0.813. The Balaban J connectivity index is 0.000000791. The predicted molar refractivity (Wildman–Crippen MR) is 65.7 cm³/mol. The molecule has 2 unspecified atom stereocenters. The molecule has 0 amide bonds. The Hall–Kier alpha value is -0.0400. The van der Waals surface area contributed by atoms with Crippen LogP contribution in [0.1, 0.15) is 60.8 Å². The summed E-state index contributed by atoms with van der Waals surface area (Å²) in [7, 11) is 0. The van der Waals surface area contributed by atoms with Crippen LogP contribution in [0.15, 0.2) is 0 Å². The highest BCUT2D eigenvalue weighted by Crippen LogP contribution is 2.23. The average molecular weight is 199 g/mol. The van der Waals surface area contributed by atoms with Crippen LogP contribution in [0, 0.1) is 5.92 Å². The zero-order valence-corrected chi connectivity index (χ0v) is 11.0. The third kappa shape index (κ3) is 4.45. The molecule has 1 heteroatoms. The van der Waals surface area contributed by atoms with Gasteiger partial charge in [-0.15, -0.1) is 0 Å². The van der Waals surface area contributed by atoms with Crippen molar-refractivity contribution in [2.24, 2.45) is 5.92 Å². The van der Waals surface area contributed by atoms with Crippen LogP contribution in [0.5, 0.6) is 0 Å². The van der Waals surface area contributed by atoms with E-state index in [0.717, 1.165) is 18.0 Å². The molecular formula is C13H29N. The summed E-state index contributed by atoms with van der Waals surface area (Å²) in [4.78, 5) is 2.67. The van der Waals surface area contributed by atoms with Crippen molar-refractivity contribution in [2.75, 3.05) is 6.54 Å². The van der Waals surface area contributed by atoms with Gasteiger partial charge in [-0.2, -0.15) is 0 Å². The molecule has 1 aliphatic heterocycles. The lowest BCUT2D eigenvalue weighted by atomic mass is 9.96. The Morgan fingerprint density at radius 3 is 1.86 bits per heavy atom. The maximum Gasteiger partial charge on any atom is 0.00698 e. The molecule has 1 saturated heterocycles. The van der Waals surface area contributed by atoms with Gasteiger partial charge in [0.25, 0.3) is 0 Å². The lowest BCUT2D eigenvalue weighted by Crippen LogP contribution is -2.45. The minimum absolute atomic E-state index is 0.813. The fraction of sp³-hybridized carbons (Fsp3) is 1.00. The maximum atomic E-state index is 2.67. The van der Waals surface area contributed by atoms with E-state index in [2.05, 4.69) is 32.6 Å². The van der Waals surface area contributed by atoms with E-state index in [9.17, 15) is 0 Å². The van der Waals surface area contributed by atoms with Crippen molar-refractivity contribution < 1.29 is 0 Å². The summed E-state index contributed by atoms with van der Waals surface area (Å²) in [6.07, 6.45) is 4.23. The van der Waals surface area contributed by atoms with Crippen LogP contribution in [0.25, 0.3) is 0 Å². The van der Waals surface area contributed by atoms with Crippen LogP contribution in [-0.2, 0) is 0 Å². The summed E-state index contributed by atoms with van der Waals surface area (Å²) in [6, 6.07) is 1.63. The number of hydrogen-bond acceptors (Lipinski definition) is 1. The molecule has 1 nitrogen and oxygen atoms in total. The van der Waals surface area contributed by atoms with Crippen molar-refractivity contribution in [3.05, 3.63) is 0 Å². The molecule has 0 saturated carbocycles. The second kappa shape index (κ2) is 7.28. The second-order valence-electron chi connectivity index (χ2n) is 4.72. The summed E-state index contributed by atoms with van der Waals surface area (Å²) in [5.74, 6) is 0.813. The Bertz CT molecular complexity index is 121. The summed E-state index contributed by atoms with van der Waals surface area (Å²) in [5.41, 5.74) is 0. The van der Waals surface area contributed by atoms with E-state index in [4.69, 9.17) is 0 Å². The monoisotopic (exact) mass is 199 g/mol. The topological polar surface area (TPSA) is 3.24 Å². The summed E-state index contributed by atoms with van der Waals surface area (Å²) in [6.45, 7) is 14.7. The molecule has 1 rings (SSSR count). The second-order valence-corrected chi connectivity index (χ2v) is 4.72. The highest BCUT2D eigenvalue weighted by Gasteiger charge is 2.24. The van der Waals surface area contributed by atoms with Crippen molar-refractivity contribution >= 4 is 0 Å². The Morgan fingerprint density at radius 2 is 1.50 bits per heavy atom. The molecule has 0 aromatic carbocycles. The van der Waals surface area contributed by atoms with Crippen LogP contribution in [0.2, 0.25) is 0 Å². The number of hydrogen-bond donors (Lipinski definition) is 0. The van der Waals surface area contributed by atoms with Gasteiger partial charge in [0.15, 0.2) is 0 Å². The van der Waals surface area contributed by atoms with Crippen LogP contribution in [0.4, 0.5) is 0 Å². The molecule has 0 radical (unpaired) electrons.